The number of carbonyl (C=O) groups excluding carboxylic acids is 1. The first-order valence-corrected chi connectivity index (χ1v) is 5.69. The molecule has 0 aromatic rings. The number of carboxylic acids is 1. The summed E-state index contributed by atoms with van der Waals surface area (Å²) in [5, 5.41) is 14.9. The molecule has 5 nitrogen and oxygen atoms in total. The van der Waals surface area contributed by atoms with E-state index in [2.05, 4.69) is 10.6 Å². The number of aliphatic carboxylic acids is 1. The molecule has 1 heterocycles. The van der Waals surface area contributed by atoms with Crippen LogP contribution in [-0.2, 0) is 9.59 Å². The smallest absolute Gasteiger partial charge is 0.331 e. The van der Waals surface area contributed by atoms with E-state index >= 15 is 0 Å². The van der Waals surface area contributed by atoms with Crippen molar-refractivity contribution in [1.29, 1.82) is 0 Å². The van der Waals surface area contributed by atoms with Crippen LogP contribution < -0.4 is 10.6 Å². The predicted octanol–water partition coefficient (Wildman–Crippen LogP) is 0.868. The van der Waals surface area contributed by atoms with Gasteiger partial charge in [0, 0.05) is 5.57 Å². The molecule has 1 aliphatic heterocycles. The summed E-state index contributed by atoms with van der Waals surface area (Å²) in [5.41, 5.74) is 0.246. The van der Waals surface area contributed by atoms with Crippen LogP contribution in [0.4, 0.5) is 0 Å². The SMILES string of the molecule is CC(C(=O)O)=C(C)C1NC(=O)C(C)(C(C)C)N1. The fraction of sp³-hybridized carbons (Fsp3) is 0.667. The lowest BCUT2D eigenvalue weighted by atomic mass is 9.89. The maximum Gasteiger partial charge on any atom is 0.331 e. The van der Waals surface area contributed by atoms with Crippen molar-refractivity contribution in [3.05, 3.63) is 11.1 Å². The first-order chi connectivity index (χ1) is 7.70. The van der Waals surface area contributed by atoms with Gasteiger partial charge in [-0.2, -0.15) is 0 Å². The molecule has 0 saturated carbocycles. The van der Waals surface area contributed by atoms with Crippen molar-refractivity contribution in [2.24, 2.45) is 5.92 Å². The van der Waals surface area contributed by atoms with Gasteiger partial charge in [-0.1, -0.05) is 13.8 Å². The van der Waals surface area contributed by atoms with Crippen LogP contribution in [0, 0.1) is 5.92 Å². The molecule has 3 N–H and O–H groups in total. The van der Waals surface area contributed by atoms with Crippen LogP contribution >= 0.6 is 0 Å². The fourth-order valence-electron chi connectivity index (χ4n) is 1.71. The van der Waals surface area contributed by atoms with Crippen LogP contribution in [0.2, 0.25) is 0 Å². The molecule has 2 atom stereocenters. The maximum absolute atomic E-state index is 11.9. The summed E-state index contributed by atoms with van der Waals surface area (Å²) in [4.78, 5) is 22.8. The molecule has 17 heavy (non-hydrogen) atoms. The number of hydrogen-bond acceptors (Lipinski definition) is 3. The molecule has 0 radical (unpaired) electrons. The van der Waals surface area contributed by atoms with Crippen molar-refractivity contribution in [1.82, 2.24) is 10.6 Å². The van der Waals surface area contributed by atoms with Crippen LogP contribution in [0.5, 0.6) is 0 Å². The molecule has 0 bridgehead atoms. The quantitative estimate of drug-likeness (QED) is 0.640. The van der Waals surface area contributed by atoms with Gasteiger partial charge >= 0.3 is 5.97 Å². The lowest BCUT2D eigenvalue weighted by molar-refractivity contribution is -0.132. The van der Waals surface area contributed by atoms with E-state index in [9.17, 15) is 9.59 Å². The van der Waals surface area contributed by atoms with Crippen molar-refractivity contribution < 1.29 is 14.7 Å². The Labute approximate surface area is 101 Å². The van der Waals surface area contributed by atoms with Gasteiger partial charge in [-0.3, -0.25) is 10.1 Å². The van der Waals surface area contributed by atoms with Gasteiger partial charge in [0.1, 0.15) is 6.17 Å². The Bertz CT molecular complexity index is 387. The topological polar surface area (TPSA) is 78.4 Å². The summed E-state index contributed by atoms with van der Waals surface area (Å²) >= 11 is 0. The molecule has 96 valence electrons. The van der Waals surface area contributed by atoms with Crippen LogP contribution in [0.15, 0.2) is 11.1 Å². The Morgan fingerprint density at radius 2 is 1.94 bits per heavy atom. The average molecular weight is 240 g/mol. The number of amides is 1. The predicted molar refractivity (Wildman–Crippen MR) is 64.3 cm³/mol. The number of carbonyl (C=O) groups is 2. The second-order valence-electron chi connectivity index (χ2n) is 5.02. The van der Waals surface area contributed by atoms with Crippen molar-refractivity contribution in [3.8, 4) is 0 Å². The second kappa shape index (κ2) is 4.49. The van der Waals surface area contributed by atoms with E-state index in [4.69, 9.17) is 5.11 Å². The third-order valence-corrected chi connectivity index (χ3v) is 3.69. The molecule has 0 spiro atoms. The highest BCUT2D eigenvalue weighted by atomic mass is 16.4. The Morgan fingerprint density at radius 1 is 1.41 bits per heavy atom. The maximum atomic E-state index is 11.9. The van der Waals surface area contributed by atoms with E-state index < -0.39 is 17.7 Å². The van der Waals surface area contributed by atoms with E-state index in [1.54, 1.807) is 6.92 Å². The minimum absolute atomic E-state index is 0.0879. The zero-order chi connectivity index (χ0) is 13.4. The molecule has 1 aliphatic rings. The van der Waals surface area contributed by atoms with E-state index in [0.29, 0.717) is 5.57 Å². The number of hydrogen-bond donors (Lipinski definition) is 3. The summed E-state index contributed by atoms with van der Waals surface area (Å²) in [6, 6.07) is 0. The summed E-state index contributed by atoms with van der Waals surface area (Å²) in [7, 11) is 0. The van der Waals surface area contributed by atoms with Gasteiger partial charge in [0.2, 0.25) is 5.91 Å². The first-order valence-electron chi connectivity index (χ1n) is 5.69. The monoisotopic (exact) mass is 240 g/mol. The molecule has 0 aliphatic carbocycles. The Kier molecular flexibility index (Phi) is 3.62. The third-order valence-electron chi connectivity index (χ3n) is 3.69. The molecular formula is C12H20N2O3. The first kappa shape index (κ1) is 13.7. The summed E-state index contributed by atoms with van der Waals surface area (Å²) in [5.74, 6) is -0.919. The Morgan fingerprint density at radius 3 is 2.29 bits per heavy atom. The molecule has 0 aromatic heterocycles. The van der Waals surface area contributed by atoms with Gasteiger partial charge in [-0.05, 0) is 32.3 Å². The molecule has 5 heteroatoms. The number of carboxylic acid groups (broad SMARTS) is 1. The van der Waals surface area contributed by atoms with Gasteiger partial charge in [0.25, 0.3) is 0 Å². The van der Waals surface area contributed by atoms with E-state index in [1.165, 1.54) is 6.92 Å². The van der Waals surface area contributed by atoms with Crippen molar-refractivity contribution in [2.75, 3.05) is 0 Å². The van der Waals surface area contributed by atoms with Crippen LogP contribution in [0.25, 0.3) is 0 Å². The third kappa shape index (κ3) is 2.34. The Balaban J connectivity index is 2.98. The zero-order valence-corrected chi connectivity index (χ0v) is 10.9. The molecule has 1 amide bonds. The van der Waals surface area contributed by atoms with E-state index in [1.807, 2.05) is 20.8 Å². The van der Waals surface area contributed by atoms with Gasteiger partial charge in [-0.15, -0.1) is 0 Å². The molecule has 1 saturated heterocycles. The minimum Gasteiger partial charge on any atom is -0.478 e. The standard InChI is InChI=1S/C12H20N2O3/c1-6(2)12(5)11(17)13-9(14-12)7(3)8(4)10(15)16/h6,9,14H,1-5H3,(H,13,17)(H,15,16). The summed E-state index contributed by atoms with van der Waals surface area (Å²) < 4.78 is 0. The number of nitrogens with one attached hydrogen (secondary N) is 2. The summed E-state index contributed by atoms with van der Waals surface area (Å²) in [6.07, 6.45) is -0.397. The van der Waals surface area contributed by atoms with Gasteiger partial charge < -0.3 is 10.4 Å². The Hall–Kier alpha value is -1.36. The normalized spacial score (nSPS) is 30.2. The largest absolute Gasteiger partial charge is 0.478 e. The van der Waals surface area contributed by atoms with Crippen LogP contribution in [-0.4, -0.2) is 28.7 Å². The van der Waals surface area contributed by atoms with E-state index in [-0.39, 0.29) is 17.4 Å². The van der Waals surface area contributed by atoms with Gasteiger partial charge in [0.05, 0.1) is 5.54 Å². The van der Waals surface area contributed by atoms with Crippen molar-refractivity contribution in [2.45, 2.75) is 46.3 Å². The highest BCUT2D eigenvalue weighted by molar-refractivity contribution is 5.90. The average Bonchev–Trinajstić information content (AvgIpc) is 2.54. The molecule has 2 unspecified atom stereocenters. The summed E-state index contributed by atoms with van der Waals surface area (Å²) in [6.45, 7) is 9.00. The molecule has 1 fully saturated rings. The van der Waals surface area contributed by atoms with E-state index in [0.717, 1.165) is 0 Å². The lowest BCUT2D eigenvalue weighted by Crippen LogP contribution is -2.49. The second-order valence-corrected chi connectivity index (χ2v) is 5.02. The number of rotatable bonds is 3. The highest BCUT2D eigenvalue weighted by Gasteiger charge is 2.45. The minimum atomic E-state index is -0.961. The van der Waals surface area contributed by atoms with Crippen molar-refractivity contribution >= 4 is 11.9 Å². The zero-order valence-electron chi connectivity index (χ0n) is 10.9. The molecular weight excluding hydrogens is 220 g/mol. The van der Waals surface area contributed by atoms with Crippen LogP contribution in [0.1, 0.15) is 34.6 Å². The lowest BCUT2D eigenvalue weighted by Gasteiger charge is -2.26. The van der Waals surface area contributed by atoms with Gasteiger partial charge in [0.15, 0.2) is 0 Å². The van der Waals surface area contributed by atoms with Gasteiger partial charge in [-0.25, -0.2) is 4.79 Å². The highest BCUT2D eigenvalue weighted by Crippen LogP contribution is 2.24. The van der Waals surface area contributed by atoms with Crippen molar-refractivity contribution in [3.63, 3.8) is 0 Å². The molecule has 1 rings (SSSR count). The molecule has 0 aromatic carbocycles. The fourth-order valence-corrected chi connectivity index (χ4v) is 1.71. The van der Waals surface area contributed by atoms with Crippen LogP contribution in [0.3, 0.4) is 0 Å².